The molecule has 0 bridgehead atoms. The van der Waals surface area contributed by atoms with Gasteiger partial charge < -0.3 is 5.32 Å². The number of nitrogens with zero attached hydrogens (tertiary/aromatic N) is 3. The SMILES string of the molecule is CCNCc1ncn(Cc2ccc(F)cc2)n1. The second-order valence-electron chi connectivity index (χ2n) is 3.77. The number of halogens is 1. The fraction of sp³-hybridized carbons (Fsp3) is 0.333. The maximum Gasteiger partial charge on any atom is 0.164 e. The van der Waals surface area contributed by atoms with Crippen molar-refractivity contribution in [3.63, 3.8) is 0 Å². The highest BCUT2D eigenvalue weighted by Gasteiger charge is 2.01. The molecule has 0 atom stereocenters. The molecule has 2 rings (SSSR count). The first-order valence-electron chi connectivity index (χ1n) is 5.61. The van der Waals surface area contributed by atoms with Crippen molar-refractivity contribution >= 4 is 0 Å². The molecule has 0 saturated carbocycles. The minimum atomic E-state index is -0.222. The summed E-state index contributed by atoms with van der Waals surface area (Å²) < 4.78 is 14.5. The summed E-state index contributed by atoms with van der Waals surface area (Å²) in [4.78, 5) is 4.18. The largest absolute Gasteiger partial charge is 0.310 e. The molecule has 0 aliphatic rings. The number of rotatable bonds is 5. The molecule has 17 heavy (non-hydrogen) atoms. The van der Waals surface area contributed by atoms with Crippen molar-refractivity contribution in [3.05, 3.63) is 47.8 Å². The Balaban J connectivity index is 1.98. The van der Waals surface area contributed by atoms with Crippen LogP contribution >= 0.6 is 0 Å². The molecule has 1 heterocycles. The fourth-order valence-corrected chi connectivity index (χ4v) is 1.50. The van der Waals surface area contributed by atoms with Gasteiger partial charge >= 0.3 is 0 Å². The summed E-state index contributed by atoms with van der Waals surface area (Å²) in [5.41, 5.74) is 1.01. The molecule has 90 valence electrons. The van der Waals surface area contributed by atoms with Gasteiger partial charge in [0.05, 0.1) is 13.1 Å². The Hall–Kier alpha value is -1.75. The van der Waals surface area contributed by atoms with Crippen molar-refractivity contribution in [3.8, 4) is 0 Å². The van der Waals surface area contributed by atoms with Crippen molar-refractivity contribution < 1.29 is 4.39 Å². The standard InChI is InChI=1S/C12H15FN4/c1-2-14-7-12-15-9-17(16-12)8-10-3-5-11(13)6-4-10/h3-6,9,14H,2,7-8H2,1H3. The van der Waals surface area contributed by atoms with Gasteiger partial charge in [-0.2, -0.15) is 5.10 Å². The van der Waals surface area contributed by atoms with Gasteiger partial charge in [0.15, 0.2) is 5.82 Å². The zero-order valence-electron chi connectivity index (χ0n) is 9.73. The summed E-state index contributed by atoms with van der Waals surface area (Å²) >= 11 is 0. The first-order chi connectivity index (χ1) is 8.28. The first-order valence-corrected chi connectivity index (χ1v) is 5.61. The van der Waals surface area contributed by atoms with Crippen LogP contribution in [0.25, 0.3) is 0 Å². The van der Waals surface area contributed by atoms with Gasteiger partial charge in [0.2, 0.25) is 0 Å². The van der Waals surface area contributed by atoms with Gasteiger partial charge in [-0.1, -0.05) is 19.1 Å². The first kappa shape index (κ1) is 11.7. The average molecular weight is 234 g/mol. The lowest BCUT2D eigenvalue weighted by molar-refractivity contribution is 0.622. The van der Waals surface area contributed by atoms with Gasteiger partial charge in [0.25, 0.3) is 0 Å². The monoisotopic (exact) mass is 234 g/mol. The third kappa shape index (κ3) is 3.35. The highest BCUT2D eigenvalue weighted by Crippen LogP contribution is 2.04. The smallest absolute Gasteiger partial charge is 0.164 e. The molecule has 0 saturated heterocycles. The predicted octanol–water partition coefficient (Wildman–Crippen LogP) is 1.57. The number of benzene rings is 1. The van der Waals surface area contributed by atoms with E-state index in [2.05, 4.69) is 15.4 Å². The van der Waals surface area contributed by atoms with Gasteiger partial charge in [-0.15, -0.1) is 0 Å². The lowest BCUT2D eigenvalue weighted by Gasteiger charge is -2.00. The maximum absolute atomic E-state index is 12.7. The van der Waals surface area contributed by atoms with Crippen LogP contribution in [0.3, 0.4) is 0 Å². The van der Waals surface area contributed by atoms with E-state index in [-0.39, 0.29) is 5.82 Å². The van der Waals surface area contributed by atoms with Crippen LogP contribution in [0.5, 0.6) is 0 Å². The molecular weight excluding hydrogens is 219 g/mol. The molecule has 2 aromatic rings. The molecule has 0 unspecified atom stereocenters. The van der Waals surface area contributed by atoms with E-state index in [0.29, 0.717) is 13.1 Å². The van der Waals surface area contributed by atoms with Gasteiger partial charge in [-0.05, 0) is 24.2 Å². The van der Waals surface area contributed by atoms with Gasteiger partial charge in [0.1, 0.15) is 12.1 Å². The Morgan fingerprint density at radius 2 is 2.06 bits per heavy atom. The molecule has 0 amide bonds. The van der Waals surface area contributed by atoms with Crippen molar-refractivity contribution in [2.24, 2.45) is 0 Å². The Bertz CT molecular complexity index is 464. The predicted molar refractivity (Wildman–Crippen MR) is 62.9 cm³/mol. The summed E-state index contributed by atoms with van der Waals surface area (Å²) in [6, 6.07) is 6.40. The van der Waals surface area contributed by atoms with E-state index >= 15 is 0 Å². The van der Waals surface area contributed by atoms with Crippen LogP contribution in [0, 0.1) is 5.82 Å². The second-order valence-corrected chi connectivity index (χ2v) is 3.77. The van der Waals surface area contributed by atoms with Gasteiger partial charge in [0, 0.05) is 0 Å². The molecule has 1 aromatic heterocycles. The lowest BCUT2D eigenvalue weighted by atomic mass is 10.2. The van der Waals surface area contributed by atoms with Crippen LogP contribution in [0.4, 0.5) is 4.39 Å². The zero-order valence-corrected chi connectivity index (χ0v) is 9.73. The molecule has 1 N–H and O–H groups in total. The summed E-state index contributed by atoms with van der Waals surface area (Å²) in [7, 11) is 0. The van der Waals surface area contributed by atoms with Crippen LogP contribution in [0.2, 0.25) is 0 Å². The molecule has 0 aliphatic carbocycles. The van der Waals surface area contributed by atoms with E-state index in [1.54, 1.807) is 23.1 Å². The Kier molecular flexibility index (Phi) is 3.82. The van der Waals surface area contributed by atoms with Gasteiger partial charge in [-0.3, -0.25) is 0 Å². The molecule has 5 heteroatoms. The third-order valence-electron chi connectivity index (χ3n) is 2.37. The normalized spacial score (nSPS) is 10.7. The molecule has 1 aromatic carbocycles. The molecule has 4 nitrogen and oxygen atoms in total. The van der Waals surface area contributed by atoms with E-state index in [1.807, 2.05) is 6.92 Å². The average Bonchev–Trinajstić information content (AvgIpc) is 2.77. The Labute approximate surface area is 99.5 Å². The van der Waals surface area contributed by atoms with E-state index in [4.69, 9.17) is 0 Å². The summed E-state index contributed by atoms with van der Waals surface area (Å²) in [6.45, 7) is 4.22. The van der Waals surface area contributed by atoms with Crippen molar-refractivity contribution in [1.82, 2.24) is 20.1 Å². The Morgan fingerprint density at radius 3 is 2.76 bits per heavy atom. The van der Waals surface area contributed by atoms with Crippen molar-refractivity contribution in [2.45, 2.75) is 20.0 Å². The van der Waals surface area contributed by atoms with E-state index in [1.165, 1.54) is 12.1 Å². The molecular formula is C12H15FN4. The highest BCUT2D eigenvalue weighted by molar-refractivity contribution is 5.16. The fourth-order valence-electron chi connectivity index (χ4n) is 1.50. The van der Waals surface area contributed by atoms with Gasteiger partial charge in [-0.25, -0.2) is 14.1 Å². The highest BCUT2D eigenvalue weighted by atomic mass is 19.1. The second kappa shape index (κ2) is 5.54. The maximum atomic E-state index is 12.7. The van der Waals surface area contributed by atoms with Crippen LogP contribution in [0.15, 0.2) is 30.6 Å². The third-order valence-corrected chi connectivity index (χ3v) is 2.37. The van der Waals surface area contributed by atoms with E-state index in [0.717, 1.165) is 17.9 Å². The quantitative estimate of drug-likeness (QED) is 0.854. The van der Waals surface area contributed by atoms with Crippen molar-refractivity contribution in [1.29, 1.82) is 0 Å². The van der Waals surface area contributed by atoms with Crippen LogP contribution < -0.4 is 5.32 Å². The molecule has 0 spiro atoms. The van der Waals surface area contributed by atoms with Crippen LogP contribution in [0.1, 0.15) is 18.3 Å². The minimum absolute atomic E-state index is 0.222. The van der Waals surface area contributed by atoms with E-state index < -0.39 is 0 Å². The summed E-state index contributed by atoms with van der Waals surface area (Å²) in [6.07, 6.45) is 1.69. The van der Waals surface area contributed by atoms with Crippen LogP contribution in [-0.4, -0.2) is 21.3 Å². The summed E-state index contributed by atoms with van der Waals surface area (Å²) in [5, 5.41) is 7.48. The zero-order chi connectivity index (χ0) is 12.1. The lowest BCUT2D eigenvalue weighted by Crippen LogP contribution is -2.13. The number of hydrogen-bond acceptors (Lipinski definition) is 3. The molecule has 0 aliphatic heterocycles. The van der Waals surface area contributed by atoms with Crippen molar-refractivity contribution in [2.75, 3.05) is 6.54 Å². The summed E-state index contributed by atoms with van der Waals surface area (Å²) in [5.74, 6) is 0.550. The van der Waals surface area contributed by atoms with Crippen LogP contribution in [-0.2, 0) is 13.1 Å². The minimum Gasteiger partial charge on any atom is -0.310 e. The number of aromatic nitrogens is 3. The van der Waals surface area contributed by atoms with E-state index in [9.17, 15) is 4.39 Å². The number of nitrogens with one attached hydrogen (secondary N) is 1. The molecule has 0 radical (unpaired) electrons. The number of hydrogen-bond donors (Lipinski definition) is 1. The topological polar surface area (TPSA) is 42.7 Å². The molecule has 0 fully saturated rings. The Morgan fingerprint density at radius 1 is 1.29 bits per heavy atom.